The van der Waals surface area contributed by atoms with Gasteiger partial charge >= 0.3 is 0 Å². The quantitative estimate of drug-likeness (QED) is 0.884. The van der Waals surface area contributed by atoms with Crippen molar-refractivity contribution < 1.29 is 14.0 Å². The third kappa shape index (κ3) is 3.88. The summed E-state index contributed by atoms with van der Waals surface area (Å²) in [7, 11) is 0. The van der Waals surface area contributed by atoms with Crippen molar-refractivity contribution in [3.8, 4) is 0 Å². The van der Waals surface area contributed by atoms with Gasteiger partial charge in [0.2, 0.25) is 5.91 Å². The Morgan fingerprint density at radius 1 is 1.05 bits per heavy atom. The number of anilines is 2. The second-order valence-corrected chi connectivity index (χ2v) is 5.17. The molecular formula is C15H12BrFN2O2. The molecule has 2 aromatic rings. The lowest BCUT2D eigenvalue weighted by Gasteiger charge is -2.09. The third-order valence-corrected chi connectivity index (χ3v) is 3.25. The SMILES string of the molecule is CC(=O)Nc1cccc(NC(=O)c2cccc(Br)c2F)c1. The van der Waals surface area contributed by atoms with Crippen LogP contribution in [0.15, 0.2) is 46.9 Å². The zero-order chi connectivity index (χ0) is 15.4. The molecule has 0 spiro atoms. The monoisotopic (exact) mass is 350 g/mol. The minimum atomic E-state index is -0.618. The molecule has 21 heavy (non-hydrogen) atoms. The highest BCUT2D eigenvalue weighted by Crippen LogP contribution is 2.21. The van der Waals surface area contributed by atoms with Crippen LogP contribution in [0.4, 0.5) is 15.8 Å². The number of halogens is 2. The van der Waals surface area contributed by atoms with Gasteiger partial charge in [-0.1, -0.05) is 12.1 Å². The van der Waals surface area contributed by atoms with Crippen LogP contribution in [0.5, 0.6) is 0 Å². The van der Waals surface area contributed by atoms with Gasteiger partial charge in [0, 0.05) is 18.3 Å². The van der Waals surface area contributed by atoms with E-state index in [2.05, 4.69) is 26.6 Å². The molecule has 0 radical (unpaired) electrons. The highest BCUT2D eigenvalue weighted by atomic mass is 79.9. The molecule has 2 amide bonds. The van der Waals surface area contributed by atoms with Crippen molar-refractivity contribution in [3.63, 3.8) is 0 Å². The average Bonchev–Trinajstić information content (AvgIpc) is 2.41. The van der Waals surface area contributed by atoms with Gasteiger partial charge in [-0.05, 0) is 46.3 Å². The highest BCUT2D eigenvalue weighted by Gasteiger charge is 2.14. The Labute approximate surface area is 129 Å². The smallest absolute Gasteiger partial charge is 0.258 e. The lowest BCUT2D eigenvalue weighted by Crippen LogP contribution is -2.14. The largest absolute Gasteiger partial charge is 0.326 e. The van der Waals surface area contributed by atoms with E-state index in [4.69, 9.17) is 0 Å². The summed E-state index contributed by atoms with van der Waals surface area (Å²) in [6.07, 6.45) is 0. The van der Waals surface area contributed by atoms with Crippen molar-refractivity contribution in [2.75, 3.05) is 10.6 Å². The van der Waals surface area contributed by atoms with Crippen LogP contribution in [0, 0.1) is 5.82 Å². The molecule has 0 saturated carbocycles. The first kappa shape index (κ1) is 15.2. The van der Waals surface area contributed by atoms with Gasteiger partial charge in [0.05, 0.1) is 10.0 Å². The molecule has 4 nitrogen and oxygen atoms in total. The Hall–Kier alpha value is -2.21. The van der Waals surface area contributed by atoms with Crippen molar-refractivity contribution in [2.24, 2.45) is 0 Å². The topological polar surface area (TPSA) is 58.2 Å². The molecule has 0 aromatic heterocycles. The fourth-order valence-corrected chi connectivity index (χ4v) is 2.12. The number of hydrogen-bond acceptors (Lipinski definition) is 2. The van der Waals surface area contributed by atoms with Crippen LogP contribution < -0.4 is 10.6 Å². The van der Waals surface area contributed by atoms with E-state index in [1.807, 2.05) is 0 Å². The summed E-state index contributed by atoms with van der Waals surface area (Å²) in [5.74, 6) is -1.39. The maximum absolute atomic E-state index is 13.8. The molecule has 0 fully saturated rings. The van der Waals surface area contributed by atoms with Crippen molar-refractivity contribution >= 4 is 39.1 Å². The number of nitrogens with one attached hydrogen (secondary N) is 2. The molecule has 0 saturated heterocycles. The maximum Gasteiger partial charge on any atom is 0.258 e. The van der Waals surface area contributed by atoms with Crippen molar-refractivity contribution in [1.82, 2.24) is 0 Å². The Bertz CT molecular complexity index is 704. The van der Waals surface area contributed by atoms with E-state index in [9.17, 15) is 14.0 Å². The lowest BCUT2D eigenvalue weighted by molar-refractivity contribution is -0.114. The second kappa shape index (κ2) is 6.49. The predicted octanol–water partition coefficient (Wildman–Crippen LogP) is 3.80. The Morgan fingerprint density at radius 3 is 2.33 bits per heavy atom. The molecule has 108 valence electrons. The van der Waals surface area contributed by atoms with Gasteiger partial charge in [0.25, 0.3) is 5.91 Å². The number of benzene rings is 2. The molecule has 2 rings (SSSR count). The van der Waals surface area contributed by atoms with E-state index in [1.165, 1.54) is 19.1 Å². The fourth-order valence-electron chi connectivity index (χ4n) is 1.76. The van der Waals surface area contributed by atoms with Gasteiger partial charge in [-0.3, -0.25) is 9.59 Å². The van der Waals surface area contributed by atoms with Gasteiger partial charge in [0.15, 0.2) is 0 Å². The molecule has 0 aliphatic carbocycles. The Morgan fingerprint density at radius 2 is 1.67 bits per heavy atom. The van der Waals surface area contributed by atoms with Crippen LogP contribution >= 0.6 is 15.9 Å². The molecule has 0 bridgehead atoms. The standard InChI is InChI=1S/C15H12BrFN2O2/c1-9(20)18-10-4-2-5-11(8-10)19-15(21)12-6-3-7-13(16)14(12)17/h2-8H,1H3,(H,18,20)(H,19,21). The van der Waals surface area contributed by atoms with Crippen molar-refractivity contribution in [1.29, 1.82) is 0 Å². The number of amides is 2. The fraction of sp³-hybridized carbons (Fsp3) is 0.0667. The molecule has 0 aliphatic rings. The van der Waals surface area contributed by atoms with Crippen LogP contribution in [-0.4, -0.2) is 11.8 Å². The third-order valence-electron chi connectivity index (χ3n) is 2.64. The molecular weight excluding hydrogens is 339 g/mol. The van der Waals surface area contributed by atoms with E-state index in [0.29, 0.717) is 11.4 Å². The molecule has 0 unspecified atom stereocenters. The van der Waals surface area contributed by atoms with Gasteiger partial charge in [-0.2, -0.15) is 0 Å². The van der Waals surface area contributed by atoms with E-state index < -0.39 is 11.7 Å². The summed E-state index contributed by atoms with van der Waals surface area (Å²) in [5, 5.41) is 5.20. The summed E-state index contributed by atoms with van der Waals surface area (Å²) in [6, 6.07) is 11.1. The summed E-state index contributed by atoms with van der Waals surface area (Å²) >= 11 is 3.04. The number of carbonyl (C=O) groups is 2. The van der Waals surface area contributed by atoms with Gasteiger partial charge in [0.1, 0.15) is 5.82 Å². The van der Waals surface area contributed by atoms with Crippen molar-refractivity contribution in [3.05, 3.63) is 58.3 Å². The van der Waals surface area contributed by atoms with Gasteiger partial charge < -0.3 is 10.6 Å². The molecule has 0 heterocycles. The first-order chi connectivity index (χ1) is 9.97. The van der Waals surface area contributed by atoms with Crippen LogP contribution in [0.2, 0.25) is 0 Å². The number of carbonyl (C=O) groups excluding carboxylic acids is 2. The predicted molar refractivity (Wildman–Crippen MR) is 82.8 cm³/mol. The summed E-state index contributed by atoms with van der Waals surface area (Å²) in [6.45, 7) is 1.39. The molecule has 0 aliphatic heterocycles. The lowest BCUT2D eigenvalue weighted by atomic mass is 10.2. The normalized spacial score (nSPS) is 10.0. The van der Waals surface area contributed by atoms with Crippen LogP contribution in [0.3, 0.4) is 0 Å². The maximum atomic E-state index is 13.8. The van der Waals surface area contributed by atoms with Crippen molar-refractivity contribution in [2.45, 2.75) is 6.92 Å². The van der Waals surface area contributed by atoms with E-state index in [-0.39, 0.29) is 15.9 Å². The zero-order valence-electron chi connectivity index (χ0n) is 11.1. The molecule has 2 N–H and O–H groups in total. The van der Waals surface area contributed by atoms with Crippen LogP contribution in [0.25, 0.3) is 0 Å². The first-order valence-corrected chi connectivity index (χ1v) is 6.89. The van der Waals surface area contributed by atoms with Crippen LogP contribution in [0.1, 0.15) is 17.3 Å². The Kier molecular flexibility index (Phi) is 4.70. The number of hydrogen-bond donors (Lipinski definition) is 2. The minimum Gasteiger partial charge on any atom is -0.326 e. The molecule has 0 atom stereocenters. The summed E-state index contributed by atoms with van der Waals surface area (Å²) < 4.78 is 14.1. The minimum absolute atomic E-state index is 0.0608. The summed E-state index contributed by atoms with van der Waals surface area (Å²) in [5.41, 5.74) is 0.954. The van der Waals surface area contributed by atoms with Gasteiger partial charge in [-0.25, -0.2) is 4.39 Å². The first-order valence-electron chi connectivity index (χ1n) is 6.10. The van der Waals surface area contributed by atoms with E-state index in [1.54, 1.807) is 30.3 Å². The zero-order valence-corrected chi connectivity index (χ0v) is 12.7. The van der Waals surface area contributed by atoms with Gasteiger partial charge in [-0.15, -0.1) is 0 Å². The second-order valence-electron chi connectivity index (χ2n) is 4.32. The van der Waals surface area contributed by atoms with E-state index in [0.717, 1.165) is 0 Å². The molecule has 6 heteroatoms. The number of rotatable bonds is 3. The van der Waals surface area contributed by atoms with E-state index >= 15 is 0 Å². The van der Waals surface area contributed by atoms with Crippen LogP contribution in [-0.2, 0) is 4.79 Å². The summed E-state index contributed by atoms with van der Waals surface area (Å²) in [4.78, 5) is 23.1. The highest BCUT2D eigenvalue weighted by molar-refractivity contribution is 9.10. The Balaban J connectivity index is 2.20. The average molecular weight is 351 g/mol. The molecule has 2 aromatic carbocycles.